The number of nitrogens with zero attached hydrogens (tertiary/aromatic N) is 2. The lowest BCUT2D eigenvalue weighted by atomic mass is 9.93. The molecular weight excluding hydrogens is 210 g/mol. The zero-order valence-corrected chi connectivity index (χ0v) is 12.0. The normalized spacial score (nSPS) is 18.2. The highest BCUT2D eigenvalue weighted by Gasteiger charge is 2.20. The van der Waals surface area contributed by atoms with Crippen LogP contribution in [0, 0.1) is 5.41 Å². The van der Waals surface area contributed by atoms with E-state index in [1.165, 1.54) is 52.0 Å². The van der Waals surface area contributed by atoms with Crippen LogP contribution >= 0.6 is 0 Å². The van der Waals surface area contributed by atoms with Crippen LogP contribution in [0.1, 0.15) is 40.0 Å². The molecule has 0 unspecified atom stereocenters. The maximum absolute atomic E-state index is 5.83. The molecule has 3 heteroatoms. The first-order chi connectivity index (χ1) is 8.07. The lowest BCUT2D eigenvalue weighted by Gasteiger charge is -2.32. The van der Waals surface area contributed by atoms with E-state index in [9.17, 15) is 0 Å². The first-order valence-electron chi connectivity index (χ1n) is 7.22. The molecule has 17 heavy (non-hydrogen) atoms. The van der Waals surface area contributed by atoms with Crippen LogP contribution in [0.3, 0.4) is 0 Å². The molecule has 0 bridgehead atoms. The van der Waals surface area contributed by atoms with E-state index in [0.29, 0.717) is 0 Å². The standard InChI is InChI=1S/C14H31N3/c1-4-7-17(13-14(2,3)12-15)11-10-16-8-5-6-9-16/h4-13,15H2,1-3H3. The van der Waals surface area contributed by atoms with Crippen molar-refractivity contribution in [3.8, 4) is 0 Å². The molecule has 1 saturated heterocycles. The molecule has 2 N–H and O–H groups in total. The van der Waals surface area contributed by atoms with Crippen LogP contribution in [0.15, 0.2) is 0 Å². The Morgan fingerprint density at radius 1 is 1.18 bits per heavy atom. The van der Waals surface area contributed by atoms with Gasteiger partial charge in [0.15, 0.2) is 0 Å². The Morgan fingerprint density at radius 2 is 1.82 bits per heavy atom. The van der Waals surface area contributed by atoms with Crippen LogP contribution in [-0.2, 0) is 0 Å². The van der Waals surface area contributed by atoms with Crippen LogP contribution in [0.2, 0.25) is 0 Å². The van der Waals surface area contributed by atoms with E-state index >= 15 is 0 Å². The van der Waals surface area contributed by atoms with E-state index in [1.807, 2.05) is 0 Å². The Hall–Kier alpha value is -0.120. The summed E-state index contributed by atoms with van der Waals surface area (Å²) < 4.78 is 0. The highest BCUT2D eigenvalue weighted by molar-refractivity contribution is 4.76. The Kier molecular flexibility index (Phi) is 6.45. The number of likely N-dealkylation sites (tertiary alicyclic amines) is 1. The zero-order chi connectivity index (χ0) is 12.7. The van der Waals surface area contributed by atoms with Gasteiger partial charge in [-0.3, -0.25) is 0 Å². The monoisotopic (exact) mass is 241 g/mol. The van der Waals surface area contributed by atoms with Crippen molar-refractivity contribution in [1.29, 1.82) is 0 Å². The molecule has 1 aliphatic heterocycles. The lowest BCUT2D eigenvalue weighted by Crippen LogP contribution is -2.42. The van der Waals surface area contributed by atoms with Gasteiger partial charge in [0.1, 0.15) is 0 Å². The van der Waals surface area contributed by atoms with E-state index < -0.39 is 0 Å². The summed E-state index contributed by atoms with van der Waals surface area (Å²) in [5.74, 6) is 0. The minimum absolute atomic E-state index is 0.250. The highest BCUT2D eigenvalue weighted by Crippen LogP contribution is 2.15. The summed E-state index contributed by atoms with van der Waals surface area (Å²) in [5, 5.41) is 0. The third-order valence-electron chi connectivity index (χ3n) is 3.68. The minimum Gasteiger partial charge on any atom is -0.330 e. The molecule has 1 fully saturated rings. The van der Waals surface area contributed by atoms with E-state index in [1.54, 1.807) is 0 Å². The first kappa shape index (κ1) is 14.9. The molecule has 1 rings (SSSR count). The summed E-state index contributed by atoms with van der Waals surface area (Å²) in [6, 6.07) is 0. The average molecular weight is 241 g/mol. The predicted molar refractivity (Wildman–Crippen MR) is 75.2 cm³/mol. The molecule has 0 aromatic carbocycles. The Bertz CT molecular complexity index is 198. The van der Waals surface area contributed by atoms with E-state index in [2.05, 4.69) is 30.6 Å². The Morgan fingerprint density at radius 3 is 2.35 bits per heavy atom. The fraction of sp³-hybridized carbons (Fsp3) is 1.00. The summed E-state index contributed by atoms with van der Waals surface area (Å²) in [6.07, 6.45) is 4.02. The van der Waals surface area contributed by atoms with E-state index in [0.717, 1.165) is 13.1 Å². The van der Waals surface area contributed by atoms with Crippen molar-refractivity contribution in [3.05, 3.63) is 0 Å². The van der Waals surface area contributed by atoms with Gasteiger partial charge in [0.05, 0.1) is 0 Å². The number of nitrogens with two attached hydrogens (primary N) is 1. The molecule has 3 nitrogen and oxygen atoms in total. The molecule has 0 aromatic heterocycles. The molecule has 1 heterocycles. The highest BCUT2D eigenvalue weighted by atomic mass is 15.2. The number of hydrogen-bond acceptors (Lipinski definition) is 3. The largest absolute Gasteiger partial charge is 0.330 e. The summed E-state index contributed by atoms with van der Waals surface area (Å²) in [5.41, 5.74) is 6.08. The second-order valence-electron chi connectivity index (χ2n) is 6.19. The maximum atomic E-state index is 5.83. The minimum atomic E-state index is 0.250. The predicted octanol–water partition coefficient (Wildman–Crippen LogP) is 1.78. The SMILES string of the molecule is CCCN(CCN1CCCC1)CC(C)(C)CN. The number of rotatable bonds is 8. The molecule has 102 valence electrons. The first-order valence-corrected chi connectivity index (χ1v) is 7.22. The summed E-state index contributed by atoms with van der Waals surface area (Å²) >= 11 is 0. The summed E-state index contributed by atoms with van der Waals surface area (Å²) in [7, 11) is 0. The quantitative estimate of drug-likeness (QED) is 0.703. The zero-order valence-electron chi connectivity index (χ0n) is 12.0. The summed E-state index contributed by atoms with van der Waals surface area (Å²) in [4.78, 5) is 5.18. The van der Waals surface area contributed by atoms with Gasteiger partial charge in [-0.15, -0.1) is 0 Å². The Labute approximate surface area is 107 Å². The fourth-order valence-electron chi connectivity index (χ4n) is 2.55. The van der Waals surface area contributed by atoms with Crippen molar-refractivity contribution in [3.63, 3.8) is 0 Å². The lowest BCUT2D eigenvalue weighted by molar-refractivity contribution is 0.163. The van der Waals surface area contributed by atoms with Crippen LogP contribution < -0.4 is 5.73 Å². The third kappa shape index (κ3) is 5.84. The van der Waals surface area contributed by atoms with Gasteiger partial charge in [-0.2, -0.15) is 0 Å². The molecule has 0 aliphatic carbocycles. The second-order valence-corrected chi connectivity index (χ2v) is 6.19. The topological polar surface area (TPSA) is 32.5 Å². The van der Waals surface area contributed by atoms with Gasteiger partial charge < -0.3 is 15.5 Å². The van der Waals surface area contributed by atoms with Gasteiger partial charge in [0.25, 0.3) is 0 Å². The second kappa shape index (κ2) is 7.34. The van der Waals surface area contributed by atoms with Crippen LogP contribution in [0.25, 0.3) is 0 Å². The average Bonchev–Trinajstić information content (AvgIpc) is 2.79. The van der Waals surface area contributed by atoms with Crippen LogP contribution in [-0.4, -0.2) is 55.6 Å². The van der Waals surface area contributed by atoms with Crippen molar-refractivity contribution in [2.75, 3.05) is 45.8 Å². The van der Waals surface area contributed by atoms with Gasteiger partial charge >= 0.3 is 0 Å². The van der Waals surface area contributed by atoms with Crippen molar-refractivity contribution < 1.29 is 0 Å². The van der Waals surface area contributed by atoms with Crippen molar-refractivity contribution in [2.24, 2.45) is 11.1 Å². The number of hydrogen-bond donors (Lipinski definition) is 1. The maximum Gasteiger partial charge on any atom is 0.0110 e. The molecule has 0 saturated carbocycles. The van der Waals surface area contributed by atoms with Crippen LogP contribution in [0.4, 0.5) is 0 Å². The van der Waals surface area contributed by atoms with E-state index in [-0.39, 0.29) is 5.41 Å². The van der Waals surface area contributed by atoms with Crippen LogP contribution in [0.5, 0.6) is 0 Å². The molecule has 0 atom stereocenters. The summed E-state index contributed by atoms with van der Waals surface area (Å²) in [6.45, 7) is 15.0. The molecule has 0 spiro atoms. The van der Waals surface area contributed by atoms with E-state index in [4.69, 9.17) is 5.73 Å². The van der Waals surface area contributed by atoms with Gasteiger partial charge in [0.2, 0.25) is 0 Å². The van der Waals surface area contributed by atoms with Gasteiger partial charge in [-0.05, 0) is 50.9 Å². The fourth-order valence-corrected chi connectivity index (χ4v) is 2.55. The van der Waals surface area contributed by atoms with Gasteiger partial charge in [-0.25, -0.2) is 0 Å². The van der Waals surface area contributed by atoms with Crippen molar-refractivity contribution >= 4 is 0 Å². The smallest absolute Gasteiger partial charge is 0.0110 e. The molecule has 0 aromatic rings. The van der Waals surface area contributed by atoms with Gasteiger partial charge in [0, 0.05) is 19.6 Å². The van der Waals surface area contributed by atoms with Crippen molar-refractivity contribution in [1.82, 2.24) is 9.80 Å². The molecule has 0 radical (unpaired) electrons. The Balaban J connectivity index is 2.31. The molecule has 0 amide bonds. The molecule has 1 aliphatic rings. The molecular formula is C14H31N3. The van der Waals surface area contributed by atoms with Gasteiger partial charge in [-0.1, -0.05) is 20.8 Å². The third-order valence-corrected chi connectivity index (χ3v) is 3.68. The van der Waals surface area contributed by atoms with Crippen molar-refractivity contribution in [2.45, 2.75) is 40.0 Å².